The Morgan fingerprint density at radius 2 is 1.97 bits per heavy atom. The first kappa shape index (κ1) is 24.7. The number of alkyl halides is 3. The van der Waals surface area contributed by atoms with Crippen LogP contribution in [0.1, 0.15) is 23.7 Å². The van der Waals surface area contributed by atoms with Gasteiger partial charge in [0.25, 0.3) is 5.56 Å². The lowest BCUT2D eigenvalue weighted by Crippen LogP contribution is -2.25. The number of carbonyl (C=O) groups is 1. The zero-order valence-electron chi connectivity index (χ0n) is 18.5. The summed E-state index contributed by atoms with van der Waals surface area (Å²) in [6.45, 7) is 3.28. The molecule has 182 valence electrons. The van der Waals surface area contributed by atoms with Crippen molar-refractivity contribution in [1.82, 2.24) is 19.3 Å². The number of halogens is 4. The van der Waals surface area contributed by atoms with Crippen LogP contribution in [0.3, 0.4) is 0 Å². The van der Waals surface area contributed by atoms with Gasteiger partial charge in [0.05, 0.1) is 18.8 Å². The molecule has 35 heavy (non-hydrogen) atoms. The molecule has 0 aliphatic heterocycles. The van der Waals surface area contributed by atoms with E-state index in [9.17, 15) is 22.8 Å². The third kappa shape index (κ3) is 5.16. The van der Waals surface area contributed by atoms with E-state index in [1.165, 1.54) is 12.3 Å². The molecule has 0 bridgehead atoms. The van der Waals surface area contributed by atoms with Gasteiger partial charge in [0, 0.05) is 21.4 Å². The normalized spacial score (nSPS) is 11.6. The van der Waals surface area contributed by atoms with E-state index in [1.54, 1.807) is 32.0 Å². The fourth-order valence-electron chi connectivity index (χ4n) is 3.48. The fraction of sp³-hybridized carbons (Fsp3) is 0.217. The van der Waals surface area contributed by atoms with Crippen LogP contribution < -0.4 is 10.3 Å². The van der Waals surface area contributed by atoms with E-state index < -0.39 is 29.1 Å². The summed E-state index contributed by atoms with van der Waals surface area (Å²) >= 11 is 2.01. The highest BCUT2D eigenvalue weighted by atomic mass is 127. The molecular weight excluding hydrogens is 580 g/mol. The molecule has 3 heterocycles. The summed E-state index contributed by atoms with van der Waals surface area (Å²) in [5, 5.41) is 4.66. The molecule has 0 radical (unpaired) electrons. The topological polar surface area (TPSA) is 88.2 Å². The summed E-state index contributed by atoms with van der Waals surface area (Å²) in [5.74, 6) is -0.746. The third-order valence-corrected chi connectivity index (χ3v) is 5.56. The summed E-state index contributed by atoms with van der Waals surface area (Å²) in [4.78, 5) is 29.6. The average Bonchev–Trinajstić information content (AvgIpc) is 3.14. The van der Waals surface area contributed by atoms with Gasteiger partial charge in [-0.2, -0.15) is 18.3 Å². The number of aromatic nitrogens is 4. The lowest BCUT2D eigenvalue weighted by atomic mass is 10.2. The molecule has 0 N–H and O–H groups in total. The van der Waals surface area contributed by atoms with Crippen LogP contribution >= 0.6 is 22.6 Å². The number of pyridine rings is 2. The minimum Gasteiger partial charge on any atom is -0.451 e. The van der Waals surface area contributed by atoms with Gasteiger partial charge in [-0.3, -0.25) is 4.79 Å². The van der Waals surface area contributed by atoms with Gasteiger partial charge in [0.2, 0.25) is 5.75 Å². The van der Waals surface area contributed by atoms with E-state index >= 15 is 0 Å². The first-order chi connectivity index (χ1) is 16.6. The molecule has 4 aromatic rings. The summed E-state index contributed by atoms with van der Waals surface area (Å²) in [6.07, 6.45) is -3.10. The van der Waals surface area contributed by atoms with Crippen molar-refractivity contribution in [3.05, 3.63) is 79.5 Å². The van der Waals surface area contributed by atoms with E-state index in [4.69, 9.17) is 9.47 Å². The van der Waals surface area contributed by atoms with Crippen LogP contribution in [0.4, 0.5) is 18.0 Å². The Hall–Kier alpha value is -3.42. The molecule has 0 aliphatic carbocycles. The number of fused-ring (bicyclic) bond motifs is 1. The van der Waals surface area contributed by atoms with Crippen molar-refractivity contribution in [2.45, 2.75) is 26.6 Å². The van der Waals surface area contributed by atoms with Gasteiger partial charge in [-0.15, -0.1) is 4.68 Å². The zero-order chi connectivity index (χ0) is 25.3. The molecule has 3 aromatic heterocycles. The van der Waals surface area contributed by atoms with Crippen molar-refractivity contribution in [1.29, 1.82) is 0 Å². The van der Waals surface area contributed by atoms with E-state index in [2.05, 4.69) is 10.1 Å². The molecule has 0 saturated carbocycles. The number of aryl methyl sites for hydroxylation is 1. The van der Waals surface area contributed by atoms with E-state index in [1.807, 2.05) is 28.7 Å². The maximum Gasteiger partial charge on any atom is 0.436 e. The maximum absolute atomic E-state index is 13.7. The molecule has 1 aromatic carbocycles. The van der Waals surface area contributed by atoms with E-state index in [-0.39, 0.29) is 30.2 Å². The summed E-state index contributed by atoms with van der Waals surface area (Å²) < 4.78 is 54.4. The zero-order valence-corrected chi connectivity index (χ0v) is 20.6. The Labute approximate surface area is 210 Å². The van der Waals surface area contributed by atoms with Gasteiger partial charge in [-0.25, -0.2) is 9.78 Å². The number of hydrogen-bond donors (Lipinski definition) is 0. The van der Waals surface area contributed by atoms with Gasteiger partial charge < -0.3 is 14.0 Å². The van der Waals surface area contributed by atoms with Crippen LogP contribution in [0.25, 0.3) is 11.0 Å². The van der Waals surface area contributed by atoms with Crippen molar-refractivity contribution in [2.75, 3.05) is 6.61 Å². The molecule has 0 saturated heterocycles. The van der Waals surface area contributed by atoms with E-state index in [0.29, 0.717) is 5.39 Å². The number of nitrogens with zero attached hydrogens (tertiary/aromatic N) is 4. The summed E-state index contributed by atoms with van der Waals surface area (Å²) in [7, 11) is 0. The number of benzene rings is 1. The summed E-state index contributed by atoms with van der Waals surface area (Å²) in [6, 6.07) is 8.93. The molecule has 0 aliphatic rings. The second kappa shape index (κ2) is 9.68. The molecule has 8 nitrogen and oxygen atoms in total. The standard InChI is InChI=1S/C23H18F3IN4O4/c1-3-34-22(33)31-20-16(5-4-7-28-20)18(29-31)12-30-8-6-17(23(24,25)26)19(21(30)32)35-15-10-13(2)9-14(27)11-15/h4-11H,3,12H2,1-2H3. The van der Waals surface area contributed by atoms with Gasteiger partial charge in [-0.1, -0.05) is 0 Å². The SMILES string of the molecule is CCOC(=O)n1nc(Cn2ccc(C(F)(F)F)c(Oc3cc(C)cc(I)c3)c2=O)c2cccnc21. The maximum atomic E-state index is 13.7. The number of ether oxygens (including phenoxy) is 2. The minimum atomic E-state index is -4.81. The Bertz CT molecular complexity index is 1460. The Morgan fingerprint density at radius 3 is 2.66 bits per heavy atom. The van der Waals surface area contributed by atoms with Gasteiger partial charge in [-0.05, 0) is 78.4 Å². The third-order valence-electron chi connectivity index (χ3n) is 4.94. The number of rotatable bonds is 5. The summed E-state index contributed by atoms with van der Waals surface area (Å²) in [5.41, 5.74) is -0.983. The molecule has 0 spiro atoms. The number of hydrogen-bond acceptors (Lipinski definition) is 6. The molecule has 0 unspecified atom stereocenters. The smallest absolute Gasteiger partial charge is 0.436 e. The van der Waals surface area contributed by atoms with Gasteiger partial charge >= 0.3 is 12.3 Å². The van der Waals surface area contributed by atoms with Gasteiger partial charge in [0.1, 0.15) is 11.3 Å². The van der Waals surface area contributed by atoms with Gasteiger partial charge in [0.15, 0.2) is 5.65 Å². The highest BCUT2D eigenvalue weighted by molar-refractivity contribution is 14.1. The monoisotopic (exact) mass is 598 g/mol. The minimum absolute atomic E-state index is 0.107. The van der Waals surface area contributed by atoms with Crippen LogP contribution in [-0.4, -0.2) is 32.0 Å². The van der Waals surface area contributed by atoms with Crippen molar-refractivity contribution in [3.63, 3.8) is 0 Å². The quantitative estimate of drug-likeness (QED) is 0.287. The average molecular weight is 598 g/mol. The van der Waals surface area contributed by atoms with Crippen LogP contribution in [-0.2, 0) is 17.5 Å². The van der Waals surface area contributed by atoms with Crippen LogP contribution in [0.15, 0.2) is 53.6 Å². The van der Waals surface area contributed by atoms with Crippen LogP contribution in [0.2, 0.25) is 0 Å². The molecule has 0 amide bonds. The lowest BCUT2D eigenvalue weighted by molar-refractivity contribution is -0.138. The van der Waals surface area contributed by atoms with E-state index in [0.717, 1.165) is 30.6 Å². The highest BCUT2D eigenvalue weighted by Gasteiger charge is 2.36. The Balaban J connectivity index is 1.81. The van der Waals surface area contributed by atoms with Crippen LogP contribution in [0.5, 0.6) is 11.5 Å². The van der Waals surface area contributed by atoms with Crippen molar-refractivity contribution in [2.24, 2.45) is 0 Å². The largest absolute Gasteiger partial charge is 0.451 e. The van der Waals surface area contributed by atoms with Crippen LogP contribution in [0, 0.1) is 10.5 Å². The Morgan fingerprint density at radius 1 is 1.20 bits per heavy atom. The van der Waals surface area contributed by atoms with Crippen molar-refractivity contribution < 1.29 is 27.4 Å². The molecule has 0 atom stereocenters. The molecule has 0 fully saturated rings. The van der Waals surface area contributed by atoms with Crippen molar-refractivity contribution in [3.8, 4) is 11.5 Å². The predicted molar refractivity (Wildman–Crippen MR) is 129 cm³/mol. The fourth-order valence-corrected chi connectivity index (χ4v) is 4.28. The first-order valence-corrected chi connectivity index (χ1v) is 11.4. The predicted octanol–water partition coefficient (Wildman–Crippen LogP) is 5.37. The molecule has 12 heteroatoms. The molecule has 4 rings (SSSR count). The molecular formula is C23H18F3IN4O4. The second-order valence-electron chi connectivity index (χ2n) is 7.49. The second-order valence-corrected chi connectivity index (χ2v) is 8.73. The van der Waals surface area contributed by atoms with Crippen molar-refractivity contribution >= 4 is 39.7 Å². The first-order valence-electron chi connectivity index (χ1n) is 10.3. The Kier molecular flexibility index (Phi) is 6.83. The lowest BCUT2D eigenvalue weighted by Gasteiger charge is -2.15. The number of carbonyl (C=O) groups excluding carboxylic acids is 1. The highest BCUT2D eigenvalue weighted by Crippen LogP contribution is 2.36.